The Morgan fingerprint density at radius 1 is 0.906 bits per heavy atom. The molecular formula is C21H20O11. The zero-order chi connectivity index (χ0) is 23.3. The van der Waals surface area contributed by atoms with Gasteiger partial charge in [-0.3, -0.25) is 4.79 Å². The Hall–Kier alpha value is -3.51. The van der Waals surface area contributed by atoms with Gasteiger partial charge < -0.3 is 49.6 Å². The number of hydrogen-bond donors (Lipinski definition) is 7. The van der Waals surface area contributed by atoms with Crippen LogP contribution in [0.15, 0.2) is 39.5 Å². The Morgan fingerprint density at radius 2 is 1.62 bits per heavy atom. The van der Waals surface area contributed by atoms with Crippen LogP contribution in [0.4, 0.5) is 0 Å². The van der Waals surface area contributed by atoms with Gasteiger partial charge in [-0.25, -0.2) is 0 Å². The summed E-state index contributed by atoms with van der Waals surface area (Å²) in [5.41, 5.74) is -1.01. The van der Waals surface area contributed by atoms with E-state index in [0.717, 1.165) is 24.3 Å². The molecule has 0 radical (unpaired) electrons. The van der Waals surface area contributed by atoms with Crippen LogP contribution in [0.1, 0.15) is 6.92 Å². The van der Waals surface area contributed by atoms with E-state index in [4.69, 9.17) is 13.9 Å². The number of fused-ring (bicyclic) bond motifs is 1. The highest BCUT2D eigenvalue weighted by Gasteiger charge is 2.44. The molecule has 32 heavy (non-hydrogen) atoms. The van der Waals surface area contributed by atoms with Crippen molar-refractivity contribution in [1.29, 1.82) is 0 Å². The number of benzene rings is 2. The van der Waals surface area contributed by atoms with E-state index in [2.05, 4.69) is 0 Å². The van der Waals surface area contributed by atoms with Crippen molar-refractivity contribution >= 4 is 11.0 Å². The van der Waals surface area contributed by atoms with Crippen LogP contribution in [0.2, 0.25) is 0 Å². The molecule has 2 heterocycles. The fourth-order valence-electron chi connectivity index (χ4n) is 3.55. The zero-order valence-corrected chi connectivity index (χ0v) is 16.5. The summed E-state index contributed by atoms with van der Waals surface area (Å²) in [6.45, 7) is 1.44. The predicted molar refractivity (Wildman–Crippen MR) is 108 cm³/mol. The van der Waals surface area contributed by atoms with Gasteiger partial charge in [-0.05, 0) is 25.1 Å². The molecule has 1 aliphatic heterocycles. The van der Waals surface area contributed by atoms with Crippen molar-refractivity contribution in [2.45, 2.75) is 37.6 Å². The molecule has 0 bridgehead atoms. The summed E-state index contributed by atoms with van der Waals surface area (Å²) < 4.78 is 16.5. The number of rotatable bonds is 3. The van der Waals surface area contributed by atoms with E-state index in [1.165, 1.54) is 13.0 Å². The van der Waals surface area contributed by atoms with Crippen LogP contribution in [0, 0.1) is 0 Å². The van der Waals surface area contributed by atoms with Crippen LogP contribution in [-0.2, 0) is 4.74 Å². The average Bonchev–Trinajstić information content (AvgIpc) is 2.72. The van der Waals surface area contributed by atoms with Crippen molar-refractivity contribution in [1.82, 2.24) is 0 Å². The van der Waals surface area contributed by atoms with E-state index in [-0.39, 0.29) is 28.0 Å². The molecule has 0 aliphatic carbocycles. The Labute approximate surface area is 179 Å². The van der Waals surface area contributed by atoms with E-state index >= 15 is 0 Å². The minimum atomic E-state index is -1.73. The lowest BCUT2D eigenvalue weighted by Crippen LogP contribution is -2.58. The molecule has 0 amide bonds. The first kappa shape index (κ1) is 21.7. The van der Waals surface area contributed by atoms with Crippen LogP contribution in [0.5, 0.6) is 28.7 Å². The molecule has 0 saturated carbocycles. The lowest BCUT2D eigenvalue weighted by molar-refractivity contribution is -0.273. The van der Waals surface area contributed by atoms with Gasteiger partial charge in [-0.1, -0.05) is 0 Å². The van der Waals surface area contributed by atoms with Crippen molar-refractivity contribution in [3.05, 3.63) is 40.6 Å². The van der Waals surface area contributed by atoms with E-state index in [1.54, 1.807) is 0 Å². The summed E-state index contributed by atoms with van der Waals surface area (Å²) in [5, 5.41) is 69.1. The Balaban J connectivity index is 1.94. The van der Waals surface area contributed by atoms with Gasteiger partial charge in [-0.15, -0.1) is 0 Å². The second kappa shape index (κ2) is 7.88. The van der Waals surface area contributed by atoms with E-state index in [1.807, 2.05) is 0 Å². The van der Waals surface area contributed by atoms with Crippen molar-refractivity contribution < 1.29 is 49.6 Å². The summed E-state index contributed by atoms with van der Waals surface area (Å²) in [4.78, 5) is 13.3. The average molecular weight is 448 g/mol. The lowest BCUT2D eigenvalue weighted by Gasteiger charge is -2.39. The van der Waals surface area contributed by atoms with Crippen LogP contribution < -0.4 is 10.2 Å². The van der Waals surface area contributed by atoms with Gasteiger partial charge in [0, 0.05) is 17.7 Å². The van der Waals surface area contributed by atoms with Gasteiger partial charge in [0.05, 0.1) is 6.10 Å². The van der Waals surface area contributed by atoms with Crippen molar-refractivity contribution in [3.8, 4) is 40.1 Å². The monoisotopic (exact) mass is 448 g/mol. The third kappa shape index (κ3) is 3.56. The van der Waals surface area contributed by atoms with Crippen LogP contribution in [-0.4, -0.2) is 66.5 Å². The summed E-state index contributed by atoms with van der Waals surface area (Å²) in [6.07, 6.45) is -7.37. The van der Waals surface area contributed by atoms with Crippen molar-refractivity contribution in [2.24, 2.45) is 0 Å². The maximum atomic E-state index is 13.3. The normalized spacial score (nSPS) is 25.7. The number of ether oxygens (including phenoxy) is 2. The van der Waals surface area contributed by atoms with Crippen LogP contribution >= 0.6 is 0 Å². The molecular weight excluding hydrogens is 428 g/mol. The topological polar surface area (TPSA) is 190 Å². The molecule has 5 atom stereocenters. The Morgan fingerprint density at radius 3 is 2.31 bits per heavy atom. The Bertz CT molecular complexity index is 1230. The maximum absolute atomic E-state index is 13.3. The quantitative estimate of drug-likeness (QED) is 0.276. The molecule has 1 aliphatic rings. The van der Waals surface area contributed by atoms with Crippen LogP contribution in [0.25, 0.3) is 22.3 Å². The molecule has 7 N–H and O–H groups in total. The Kier molecular flexibility index (Phi) is 5.34. The summed E-state index contributed by atoms with van der Waals surface area (Å²) in [6, 6.07) is 5.55. The number of phenolic OH excluding ortho intramolecular Hbond substituents is 4. The second-order valence-corrected chi connectivity index (χ2v) is 7.43. The highest BCUT2D eigenvalue weighted by molar-refractivity contribution is 5.88. The predicted octanol–water partition coefficient (Wildman–Crippen LogP) is 0.489. The molecule has 1 unspecified atom stereocenters. The van der Waals surface area contributed by atoms with E-state index in [0.29, 0.717) is 0 Å². The third-order valence-corrected chi connectivity index (χ3v) is 5.20. The minimum Gasteiger partial charge on any atom is -0.508 e. The van der Waals surface area contributed by atoms with Crippen molar-refractivity contribution in [3.63, 3.8) is 0 Å². The number of aliphatic hydroxyl groups is 3. The largest absolute Gasteiger partial charge is 0.508 e. The first-order valence-electron chi connectivity index (χ1n) is 9.50. The van der Waals surface area contributed by atoms with Gasteiger partial charge in [0.2, 0.25) is 11.2 Å². The van der Waals surface area contributed by atoms with Gasteiger partial charge in [0.25, 0.3) is 0 Å². The van der Waals surface area contributed by atoms with E-state index < -0.39 is 59.1 Å². The highest BCUT2D eigenvalue weighted by Crippen LogP contribution is 2.39. The molecule has 11 nitrogen and oxygen atoms in total. The zero-order valence-electron chi connectivity index (χ0n) is 16.5. The molecule has 2 aromatic carbocycles. The van der Waals surface area contributed by atoms with Gasteiger partial charge in [-0.2, -0.15) is 0 Å². The second-order valence-electron chi connectivity index (χ2n) is 7.43. The fourth-order valence-corrected chi connectivity index (χ4v) is 3.55. The molecule has 4 rings (SSSR count). The molecule has 3 aromatic rings. The number of aliphatic hydroxyl groups excluding tert-OH is 3. The first-order chi connectivity index (χ1) is 15.1. The van der Waals surface area contributed by atoms with Gasteiger partial charge in [0.15, 0.2) is 29.7 Å². The molecule has 1 fully saturated rings. The van der Waals surface area contributed by atoms with Crippen molar-refractivity contribution in [2.75, 3.05) is 0 Å². The first-order valence-corrected chi connectivity index (χ1v) is 9.50. The standard InChI is InChI=1S/C21H20O11/c1-7-18(16(27)17(28)21(29)30-7)32-20-15(26)14-12(25)5-9(22)6-13(14)31-19(20)8-2-3-10(23)11(24)4-8/h2-7,16-18,21-25,27-29H,1H3/t7?,16-,17+,18-,21+/m0/s1. The molecule has 170 valence electrons. The highest BCUT2D eigenvalue weighted by atomic mass is 16.6. The minimum absolute atomic E-state index is 0.0802. The smallest absolute Gasteiger partial charge is 0.239 e. The van der Waals surface area contributed by atoms with Crippen LogP contribution in [0.3, 0.4) is 0 Å². The van der Waals surface area contributed by atoms with Gasteiger partial charge >= 0.3 is 0 Å². The summed E-state index contributed by atoms with van der Waals surface area (Å²) >= 11 is 0. The molecule has 11 heteroatoms. The van der Waals surface area contributed by atoms with Gasteiger partial charge in [0.1, 0.15) is 34.7 Å². The number of phenols is 4. The summed E-state index contributed by atoms with van der Waals surface area (Å²) in [5.74, 6) is -2.70. The fraction of sp³-hybridized carbons (Fsp3) is 0.286. The summed E-state index contributed by atoms with van der Waals surface area (Å²) in [7, 11) is 0. The molecule has 0 spiro atoms. The maximum Gasteiger partial charge on any atom is 0.239 e. The lowest BCUT2D eigenvalue weighted by atomic mass is 9.99. The number of hydrogen-bond acceptors (Lipinski definition) is 11. The van der Waals surface area contributed by atoms with E-state index in [9.17, 15) is 40.5 Å². The third-order valence-electron chi connectivity index (χ3n) is 5.20. The molecule has 1 saturated heterocycles. The number of aromatic hydroxyl groups is 4. The SMILES string of the molecule is CC1O[C@@H](O)[C@H](O)[C@H](O)[C@H]1Oc1c(-c2ccc(O)c(O)c2)oc2cc(O)cc(O)c2c1=O. The molecule has 1 aromatic heterocycles.